The van der Waals surface area contributed by atoms with Gasteiger partial charge in [-0.15, -0.1) is 0 Å². The summed E-state index contributed by atoms with van der Waals surface area (Å²) < 4.78 is 16.7. The molecule has 0 fully saturated rings. The van der Waals surface area contributed by atoms with E-state index in [9.17, 15) is 14.4 Å². The monoisotopic (exact) mass is 923 g/mol. The van der Waals surface area contributed by atoms with Crippen LogP contribution in [0.5, 0.6) is 0 Å². The molecule has 0 heterocycles. The molecule has 374 valence electrons. The number of unbranched alkanes of at least 4 members (excludes halogenated alkanes) is 11. The van der Waals surface area contributed by atoms with Crippen molar-refractivity contribution in [3.05, 3.63) is 146 Å². The molecule has 0 amide bonds. The first-order valence-corrected chi connectivity index (χ1v) is 26.4. The molecule has 0 aromatic heterocycles. The lowest BCUT2D eigenvalue weighted by Gasteiger charge is -2.18. The molecule has 1 unspecified atom stereocenters. The van der Waals surface area contributed by atoms with Crippen LogP contribution in [0.4, 0.5) is 0 Å². The van der Waals surface area contributed by atoms with Crippen molar-refractivity contribution in [2.24, 2.45) is 0 Å². The number of esters is 3. The highest BCUT2D eigenvalue weighted by Gasteiger charge is 2.19. The molecular formula is C61H94O6. The molecule has 0 aliphatic rings. The number of hydrogen-bond donors (Lipinski definition) is 0. The lowest BCUT2D eigenvalue weighted by molar-refractivity contribution is -0.166. The average Bonchev–Trinajstić information content (AvgIpc) is 3.33. The number of allylic oxidation sites excluding steroid dienone is 24. The van der Waals surface area contributed by atoms with E-state index < -0.39 is 6.10 Å². The van der Waals surface area contributed by atoms with Gasteiger partial charge in [0.2, 0.25) is 0 Å². The predicted octanol–water partition coefficient (Wildman–Crippen LogP) is 17.6. The Morgan fingerprint density at radius 1 is 0.328 bits per heavy atom. The Morgan fingerprint density at radius 3 is 1.10 bits per heavy atom. The zero-order chi connectivity index (χ0) is 48.6. The minimum Gasteiger partial charge on any atom is -0.462 e. The molecule has 0 saturated carbocycles. The van der Waals surface area contributed by atoms with Gasteiger partial charge < -0.3 is 14.2 Å². The van der Waals surface area contributed by atoms with Crippen LogP contribution in [0, 0.1) is 0 Å². The summed E-state index contributed by atoms with van der Waals surface area (Å²) in [5.41, 5.74) is 0. The van der Waals surface area contributed by atoms with Gasteiger partial charge in [0, 0.05) is 19.3 Å². The van der Waals surface area contributed by atoms with E-state index in [1.807, 2.05) is 12.2 Å². The Balaban J connectivity index is 4.56. The van der Waals surface area contributed by atoms with Crippen LogP contribution in [0.3, 0.4) is 0 Å². The third-order valence-corrected chi connectivity index (χ3v) is 10.4. The van der Waals surface area contributed by atoms with Gasteiger partial charge in [0.05, 0.1) is 0 Å². The van der Waals surface area contributed by atoms with E-state index in [4.69, 9.17) is 14.2 Å². The standard InChI is InChI=1S/C61H94O6/c1-4-7-10-13-16-19-22-24-26-28-30-32-34-36-39-42-45-48-51-54-60(63)66-57-58(56-65-59(62)53-50-47-44-41-38-21-18-15-12-9-6-3)67-61(64)55-52-49-46-43-40-37-35-33-31-29-27-25-23-20-17-14-11-8-5-2/h7-8,10-11,15-21,24-27,30-33,36,38-39,45,48,58H,4-6,9,12-14,22-23,28-29,34-35,37,40-44,46-47,49-57H2,1-3H3/b10-7-,11-8-,18-15-,19-16-,20-17-,26-24-,27-25-,32-30-,33-31-,38-21-,39-36-,48-45-. The Kier molecular flexibility index (Phi) is 50.1. The largest absolute Gasteiger partial charge is 0.462 e. The first-order valence-electron chi connectivity index (χ1n) is 26.4. The summed E-state index contributed by atoms with van der Waals surface area (Å²) in [6.07, 6.45) is 77.0. The summed E-state index contributed by atoms with van der Waals surface area (Å²) in [7, 11) is 0. The Hall–Kier alpha value is -4.71. The molecule has 0 radical (unpaired) electrons. The minimum absolute atomic E-state index is 0.128. The molecule has 0 aromatic carbocycles. The zero-order valence-corrected chi connectivity index (χ0v) is 42.6. The highest BCUT2D eigenvalue weighted by atomic mass is 16.6. The highest BCUT2D eigenvalue weighted by Crippen LogP contribution is 2.12. The summed E-state index contributed by atoms with van der Waals surface area (Å²) >= 11 is 0. The molecule has 0 aliphatic heterocycles. The van der Waals surface area contributed by atoms with Crippen molar-refractivity contribution < 1.29 is 28.6 Å². The van der Waals surface area contributed by atoms with Crippen LogP contribution in [0.1, 0.15) is 201 Å². The average molecular weight is 923 g/mol. The molecule has 0 saturated heterocycles. The van der Waals surface area contributed by atoms with E-state index in [2.05, 4.69) is 154 Å². The van der Waals surface area contributed by atoms with E-state index in [1.54, 1.807) is 0 Å². The maximum Gasteiger partial charge on any atom is 0.306 e. The van der Waals surface area contributed by atoms with Crippen molar-refractivity contribution in [1.29, 1.82) is 0 Å². The third kappa shape index (κ3) is 52.1. The van der Waals surface area contributed by atoms with E-state index in [-0.39, 0.29) is 44.0 Å². The molecule has 1 atom stereocenters. The summed E-state index contributed by atoms with van der Waals surface area (Å²) in [4.78, 5) is 38.0. The first-order chi connectivity index (χ1) is 33.0. The number of hydrogen-bond acceptors (Lipinski definition) is 6. The van der Waals surface area contributed by atoms with Crippen molar-refractivity contribution in [3.63, 3.8) is 0 Å². The fourth-order valence-corrected chi connectivity index (χ4v) is 6.43. The van der Waals surface area contributed by atoms with Gasteiger partial charge in [-0.25, -0.2) is 0 Å². The molecule has 67 heavy (non-hydrogen) atoms. The van der Waals surface area contributed by atoms with Gasteiger partial charge in [0.25, 0.3) is 0 Å². The molecular weight excluding hydrogens is 829 g/mol. The normalized spacial score (nSPS) is 13.3. The lowest BCUT2D eigenvalue weighted by Crippen LogP contribution is -2.30. The maximum atomic E-state index is 12.8. The fraction of sp³-hybridized carbons (Fsp3) is 0.557. The Bertz CT molecular complexity index is 1530. The predicted molar refractivity (Wildman–Crippen MR) is 288 cm³/mol. The van der Waals surface area contributed by atoms with Crippen LogP contribution in [-0.4, -0.2) is 37.2 Å². The van der Waals surface area contributed by atoms with Crippen LogP contribution in [0.15, 0.2) is 146 Å². The molecule has 0 aromatic rings. The molecule has 0 N–H and O–H groups in total. The van der Waals surface area contributed by atoms with Crippen LogP contribution in [-0.2, 0) is 28.6 Å². The van der Waals surface area contributed by atoms with E-state index >= 15 is 0 Å². The fourth-order valence-electron chi connectivity index (χ4n) is 6.43. The lowest BCUT2D eigenvalue weighted by atomic mass is 10.1. The minimum atomic E-state index is -0.833. The van der Waals surface area contributed by atoms with Gasteiger partial charge in [-0.05, 0) is 116 Å². The van der Waals surface area contributed by atoms with Crippen molar-refractivity contribution in [2.75, 3.05) is 13.2 Å². The second-order valence-corrected chi connectivity index (χ2v) is 16.7. The molecule has 0 bridgehead atoms. The number of carbonyl (C=O) groups is 3. The van der Waals surface area contributed by atoms with Gasteiger partial charge in [-0.1, -0.05) is 212 Å². The van der Waals surface area contributed by atoms with Gasteiger partial charge >= 0.3 is 17.9 Å². The summed E-state index contributed by atoms with van der Waals surface area (Å²) in [5, 5.41) is 0. The molecule has 0 rings (SSSR count). The SMILES string of the molecule is CC/C=C\C/C=C\C/C=C\C/C=C\C/C=C\C/C=C\CCC(=O)OCC(COC(=O)CCCCC/C=C\C=C/CCCC)OC(=O)CCCCCCCC/C=C\C/C=C\C/C=C\C/C=C\CC. The van der Waals surface area contributed by atoms with Crippen molar-refractivity contribution in [2.45, 2.75) is 207 Å². The van der Waals surface area contributed by atoms with Gasteiger partial charge in [0.1, 0.15) is 13.2 Å². The highest BCUT2D eigenvalue weighted by molar-refractivity contribution is 5.71. The second kappa shape index (κ2) is 53.9. The molecule has 0 spiro atoms. The first kappa shape index (κ1) is 62.3. The zero-order valence-electron chi connectivity index (χ0n) is 42.6. The smallest absolute Gasteiger partial charge is 0.306 e. The Morgan fingerprint density at radius 2 is 0.657 bits per heavy atom. The van der Waals surface area contributed by atoms with Gasteiger partial charge in [0.15, 0.2) is 6.10 Å². The van der Waals surface area contributed by atoms with Gasteiger partial charge in [-0.2, -0.15) is 0 Å². The number of ether oxygens (including phenoxy) is 3. The van der Waals surface area contributed by atoms with Crippen LogP contribution in [0.2, 0.25) is 0 Å². The Labute approximate surface area is 410 Å². The van der Waals surface area contributed by atoms with E-state index in [0.717, 1.165) is 128 Å². The van der Waals surface area contributed by atoms with Crippen LogP contribution >= 0.6 is 0 Å². The second-order valence-electron chi connectivity index (χ2n) is 16.7. The van der Waals surface area contributed by atoms with Crippen molar-refractivity contribution >= 4 is 17.9 Å². The van der Waals surface area contributed by atoms with E-state index in [1.165, 1.54) is 25.7 Å². The summed E-state index contributed by atoms with van der Waals surface area (Å²) in [6, 6.07) is 0. The summed E-state index contributed by atoms with van der Waals surface area (Å²) in [6.45, 7) is 6.23. The third-order valence-electron chi connectivity index (χ3n) is 10.4. The number of rotatable bonds is 45. The quantitative estimate of drug-likeness (QED) is 0.0199. The van der Waals surface area contributed by atoms with Crippen LogP contribution in [0.25, 0.3) is 0 Å². The van der Waals surface area contributed by atoms with Crippen molar-refractivity contribution in [1.82, 2.24) is 0 Å². The molecule has 6 heteroatoms. The van der Waals surface area contributed by atoms with Crippen LogP contribution < -0.4 is 0 Å². The van der Waals surface area contributed by atoms with Gasteiger partial charge in [-0.3, -0.25) is 14.4 Å². The molecule has 6 nitrogen and oxygen atoms in total. The van der Waals surface area contributed by atoms with E-state index in [0.29, 0.717) is 12.8 Å². The summed E-state index contributed by atoms with van der Waals surface area (Å²) in [5.74, 6) is -1.07. The topological polar surface area (TPSA) is 78.9 Å². The maximum absolute atomic E-state index is 12.8. The molecule has 0 aliphatic carbocycles. The number of carbonyl (C=O) groups excluding carboxylic acids is 3. The van der Waals surface area contributed by atoms with Crippen molar-refractivity contribution in [3.8, 4) is 0 Å².